The second kappa shape index (κ2) is 3.20. The molecule has 19 heavy (non-hydrogen) atoms. The maximum atomic E-state index is 11.6. The molecule has 1 saturated heterocycles. The van der Waals surface area contributed by atoms with E-state index in [2.05, 4.69) is 13.8 Å². The second-order valence-corrected chi connectivity index (χ2v) is 8.44. The summed E-state index contributed by atoms with van der Waals surface area (Å²) >= 11 is 0. The average molecular weight is 260 g/mol. The van der Waals surface area contributed by atoms with Gasteiger partial charge >= 0.3 is 5.97 Å². The number of carbonyl (C=O) groups excluding carboxylic acids is 1. The first-order valence-corrected chi connectivity index (χ1v) is 8.26. The van der Waals surface area contributed by atoms with Crippen molar-refractivity contribution in [2.45, 2.75) is 39.5 Å². The molecule has 2 heteroatoms. The summed E-state index contributed by atoms with van der Waals surface area (Å²) in [5, 5.41) is 0. The molecule has 5 aliphatic rings. The molecule has 4 aliphatic carbocycles. The molecule has 1 heterocycles. The van der Waals surface area contributed by atoms with Crippen molar-refractivity contribution >= 4 is 5.97 Å². The molecule has 0 aromatic rings. The normalized spacial score (nSPS) is 65.1. The first kappa shape index (κ1) is 11.2. The zero-order valence-electron chi connectivity index (χ0n) is 12.0. The van der Waals surface area contributed by atoms with Gasteiger partial charge in [-0.2, -0.15) is 0 Å². The van der Waals surface area contributed by atoms with Crippen molar-refractivity contribution in [2.24, 2.45) is 52.8 Å². The van der Waals surface area contributed by atoms with E-state index < -0.39 is 0 Å². The fourth-order valence-electron chi connectivity index (χ4n) is 7.51. The van der Waals surface area contributed by atoms with Gasteiger partial charge in [0.1, 0.15) is 0 Å². The molecule has 1 spiro atoms. The summed E-state index contributed by atoms with van der Waals surface area (Å²) in [5.74, 6) is 7.63. The maximum absolute atomic E-state index is 11.6. The van der Waals surface area contributed by atoms with Crippen LogP contribution < -0.4 is 0 Å². The molecule has 104 valence electrons. The van der Waals surface area contributed by atoms with E-state index in [1.807, 2.05) is 0 Å². The SMILES string of the molecule is CC1C(C)C2CC1C1C3CC(C21)C1(COC(=O)C1)C3. The Morgan fingerprint density at radius 3 is 2.53 bits per heavy atom. The molecule has 0 N–H and O–H groups in total. The van der Waals surface area contributed by atoms with E-state index in [1.165, 1.54) is 19.3 Å². The lowest BCUT2D eigenvalue weighted by molar-refractivity contribution is -0.137. The number of hydrogen-bond donors (Lipinski definition) is 0. The van der Waals surface area contributed by atoms with Crippen LogP contribution >= 0.6 is 0 Å². The van der Waals surface area contributed by atoms with Crippen LogP contribution in [0, 0.1) is 52.8 Å². The highest BCUT2D eigenvalue weighted by molar-refractivity contribution is 5.72. The van der Waals surface area contributed by atoms with E-state index in [9.17, 15) is 4.79 Å². The number of esters is 1. The Labute approximate surface area is 115 Å². The molecule has 0 aromatic heterocycles. The molecule has 5 fully saturated rings. The van der Waals surface area contributed by atoms with E-state index in [4.69, 9.17) is 4.74 Å². The van der Waals surface area contributed by atoms with Gasteiger partial charge < -0.3 is 4.74 Å². The Kier molecular flexibility index (Phi) is 1.88. The van der Waals surface area contributed by atoms with Crippen molar-refractivity contribution in [1.29, 1.82) is 0 Å². The van der Waals surface area contributed by atoms with Crippen LogP contribution in [0.4, 0.5) is 0 Å². The van der Waals surface area contributed by atoms with Crippen molar-refractivity contribution in [3.05, 3.63) is 0 Å². The zero-order chi connectivity index (χ0) is 12.9. The number of cyclic esters (lactones) is 1. The third-order valence-corrected chi connectivity index (χ3v) is 8.20. The van der Waals surface area contributed by atoms with Gasteiger partial charge in [0.05, 0.1) is 13.0 Å². The number of carbonyl (C=O) groups is 1. The highest BCUT2D eigenvalue weighted by Crippen LogP contribution is 2.75. The smallest absolute Gasteiger partial charge is 0.306 e. The van der Waals surface area contributed by atoms with Crippen LogP contribution in [0.5, 0.6) is 0 Å². The van der Waals surface area contributed by atoms with Gasteiger partial charge in [0, 0.05) is 5.41 Å². The molecule has 2 nitrogen and oxygen atoms in total. The Morgan fingerprint density at radius 1 is 1.11 bits per heavy atom. The first-order chi connectivity index (χ1) is 9.11. The molecule has 4 bridgehead atoms. The molecule has 9 unspecified atom stereocenters. The van der Waals surface area contributed by atoms with Crippen molar-refractivity contribution in [3.8, 4) is 0 Å². The first-order valence-electron chi connectivity index (χ1n) is 8.26. The molecule has 0 radical (unpaired) electrons. The quantitative estimate of drug-likeness (QED) is 0.494. The maximum Gasteiger partial charge on any atom is 0.306 e. The minimum atomic E-state index is 0.0775. The zero-order valence-corrected chi connectivity index (χ0v) is 12.0. The fraction of sp³-hybridized carbons (Fsp3) is 0.941. The Bertz CT molecular complexity index is 458. The summed E-state index contributed by atoms with van der Waals surface area (Å²) in [6.07, 6.45) is 4.95. The molecule has 4 saturated carbocycles. The van der Waals surface area contributed by atoms with Crippen LogP contribution in [0.1, 0.15) is 39.5 Å². The largest absolute Gasteiger partial charge is 0.465 e. The van der Waals surface area contributed by atoms with Crippen LogP contribution in [-0.4, -0.2) is 12.6 Å². The lowest BCUT2D eigenvalue weighted by Crippen LogP contribution is -2.43. The molecule has 1 aliphatic heterocycles. The van der Waals surface area contributed by atoms with Gasteiger partial charge in [0.15, 0.2) is 0 Å². The van der Waals surface area contributed by atoms with Gasteiger partial charge in [-0.15, -0.1) is 0 Å². The number of rotatable bonds is 0. The van der Waals surface area contributed by atoms with Gasteiger partial charge in [-0.1, -0.05) is 13.8 Å². The topological polar surface area (TPSA) is 26.3 Å². The number of fused-ring (bicyclic) bond motifs is 10. The second-order valence-electron chi connectivity index (χ2n) is 8.44. The Hall–Kier alpha value is -0.530. The van der Waals surface area contributed by atoms with E-state index >= 15 is 0 Å². The van der Waals surface area contributed by atoms with Crippen LogP contribution in [0.2, 0.25) is 0 Å². The van der Waals surface area contributed by atoms with Gasteiger partial charge in [0.2, 0.25) is 0 Å². The van der Waals surface area contributed by atoms with E-state index in [0.29, 0.717) is 0 Å². The molecule has 0 amide bonds. The highest BCUT2D eigenvalue weighted by Gasteiger charge is 2.70. The van der Waals surface area contributed by atoms with Gasteiger partial charge in [-0.3, -0.25) is 4.79 Å². The van der Waals surface area contributed by atoms with Crippen LogP contribution in [0.15, 0.2) is 0 Å². The minimum absolute atomic E-state index is 0.0775. The molecule has 0 aromatic carbocycles. The van der Waals surface area contributed by atoms with Crippen molar-refractivity contribution < 1.29 is 9.53 Å². The summed E-state index contributed by atoms with van der Waals surface area (Å²) in [6, 6.07) is 0. The summed E-state index contributed by atoms with van der Waals surface area (Å²) in [7, 11) is 0. The Balaban J connectivity index is 1.52. The van der Waals surface area contributed by atoms with Crippen LogP contribution in [0.3, 0.4) is 0 Å². The fourth-order valence-corrected chi connectivity index (χ4v) is 7.51. The average Bonchev–Trinajstić information content (AvgIpc) is 3.11. The monoisotopic (exact) mass is 260 g/mol. The van der Waals surface area contributed by atoms with E-state index in [0.717, 1.165) is 60.4 Å². The number of ether oxygens (including phenoxy) is 1. The summed E-state index contributed by atoms with van der Waals surface area (Å²) in [4.78, 5) is 11.6. The lowest BCUT2D eigenvalue weighted by Gasteiger charge is -2.46. The van der Waals surface area contributed by atoms with Gasteiger partial charge in [-0.25, -0.2) is 0 Å². The predicted octanol–water partition coefficient (Wildman–Crippen LogP) is 3.11. The summed E-state index contributed by atoms with van der Waals surface area (Å²) < 4.78 is 5.38. The molecule has 5 rings (SSSR count). The standard InChI is InChI=1S/C17H24O2/c1-8-9(2)12-4-11(8)15-10-3-13(16(12)15)17(5-10)6-14(18)19-7-17/h8-13,15-16H,3-7H2,1-2H3. The number of hydrogen-bond acceptors (Lipinski definition) is 2. The third-order valence-electron chi connectivity index (χ3n) is 8.20. The summed E-state index contributed by atoms with van der Waals surface area (Å²) in [5.41, 5.74) is 0.274. The summed E-state index contributed by atoms with van der Waals surface area (Å²) in [6.45, 7) is 5.73. The molecule has 9 atom stereocenters. The van der Waals surface area contributed by atoms with E-state index in [1.54, 1.807) is 0 Å². The van der Waals surface area contributed by atoms with Crippen LogP contribution in [-0.2, 0) is 9.53 Å². The third kappa shape index (κ3) is 1.11. The highest BCUT2D eigenvalue weighted by atomic mass is 16.5. The van der Waals surface area contributed by atoms with E-state index in [-0.39, 0.29) is 11.4 Å². The van der Waals surface area contributed by atoms with Gasteiger partial charge in [-0.05, 0) is 66.6 Å². The lowest BCUT2D eigenvalue weighted by atomic mass is 9.57. The van der Waals surface area contributed by atoms with Crippen molar-refractivity contribution in [2.75, 3.05) is 6.61 Å². The Morgan fingerprint density at radius 2 is 1.84 bits per heavy atom. The van der Waals surface area contributed by atoms with Crippen molar-refractivity contribution in [3.63, 3.8) is 0 Å². The molecular formula is C17H24O2. The van der Waals surface area contributed by atoms with Gasteiger partial charge in [0.25, 0.3) is 0 Å². The molecular weight excluding hydrogens is 236 g/mol. The van der Waals surface area contributed by atoms with Crippen molar-refractivity contribution in [1.82, 2.24) is 0 Å². The van der Waals surface area contributed by atoms with Crippen LogP contribution in [0.25, 0.3) is 0 Å². The minimum Gasteiger partial charge on any atom is -0.465 e. The predicted molar refractivity (Wildman–Crippen MR) is 71.1 cm³/mol.